The fraction of sp³-hybridized carbons (Fsp3) is 0.409. The van der Waals surface area contributed by atoms with E-state index in [2.05, 4.69) is 38.2 Å². The van der Waals surface area contributed by atoms with Gasteiger partial charge in [-0.2, -0.15) is 10.4 Å². The van der Waals surface area contributed by atoms with E-state index < -0.39 is 0 Å². The predicted molar refractivity (Wildman–Crippen MR) is 108 cm³/mol. The molecule has 2 aliphatic heterocycles. The first-order valence-electron chi connectivity index (χ1n) is 10.1. The van der Waals surface area contributed by atoms with Gasteiger partial charge >= 0.3 is 0 Å². The van der Waals surface area contributed by atoms with Crippen LogP contribution in [0.3, 0.4) is 0 Å². The Labute approximate surface area is 169 Å². The first-order valence-corrected chi connectivity index (χ1v) is 10.1. The van der Waals surface area contributed by atoms with Gasteiger partial charge in [0, 0.05) is 37.7 Å². The zero-order chi connectivity index (χ0) is 19.8. The third-order valence-electron chi connectivity index (χ3n) is 6.43. The average molecular weight is 386 g/mol. The lowest BCUT2D eigenvalue weighted by molar-refractivity contribution is -0.137. The van der Waals surface area contributed by atoms with E-state index in [1.165, 1.54) is 6.33 Å². The number of hydrazone groups is 1. The van der Waals surface area contributed by atoms with Gasteiger partial charge in [0.1, 0.15) is 23.9 Å². The minimum Gasteiger partial charge on any atom is -0.356 e. The predicted octanol–water partition coefficient (Wildman–Crippen LogP) is 2.77. The van der Waals surface area contributed by atoms with Crippen LogP contribution < -0.4 is 4.90 Å². The number of hydrogen-bond acceptors (Lipinski definition) is 6. The van der Waals surface area contributed by atoms with E-state index in [1.807, 2.05) is 24.4 Å². The van der Waals surface area contributed by atoms with Gasteiger partial charge in [-0.1, -0.05) is 30.3 Å². The Hall–Kier alpha value is -3.27. The molecular formula is C22H22N6O. The number of anilines is 1. The van der Waals surface area contributed by atoms with E-state index in [9.17, 15) is 4.79 Å². The summed E-state index contributed by atoms with van der Waals surface area (Å²) in [6, 6.07) is 14.0. The summed E-state index contributed by atoms with van der Waals surface area (Å²) in [7, 11) is 0. The second-order valence-electron chi connectivity index (χ2n) is 8.11. The molecule has 5 rings (SSSR count). The van der Waals surface area contributed by atoms with Crippen molar-refractivity contribution in [3.8, 4) is 6.07 Å². The smallest absolute Gasteiger partial charge is 0.246 e. The highest BCUT2D eigenvalue weighted by atomic mass is 16.2. The first-order chi connectivity index (χ1) is 14.2. The molecule has 1 aromatic carbocycles. The average Bonchev–Trinajstić information content (AvgIpc) is 3.48. The summed E-state index contributed by atoms with van der Waals surface area (Å²) in [5, 5.41) is 15.2. The van der Waals surface area contributed by atoms with E-state index >= 15 is 0 Å². The SMILES string of the molecule is N#Cc1cc(N2C[C@H]3CC(C(=O)N4N=CC[C@@H]4c4ccccc4)C[C@H]3C2)ncn1. The summed E-state index contributed by atoms with van der Waals surface area (Å²) in [5.41, 5.74) is 1.53. The molecule has 7 heteroatoms. The largest absolute Gasteiger partial charge is 0.356 e. The first kappa shape index (κ1) is 17.8. The maximum Gasteiger partial charge on any atom is 0.246 e. The summed E-state index contributed by atoms with van der Waals surface area (Å²) >= 11 is 0. The van der Waals surface area contributed by atoms with Gasteiger partial charge in [0.25, 0.3) is 0 Å². The van der Waals surface area contributed by atoms with E-state index in [0.717, 1.165) is 43.7 Å². The highest BCUT2D eigenvalue weighted by molar-refractivity contribution is 5.82. The van der Waals surface area contributed by atoms with Gasteiger partial charge in [-0.25, -0.2) is 15.0 Å². The maximum atomic E-state index is 13.2. The van der Waals surface area contributed by atoms with Crippen LogP contribution in [0.2, 0.25) is 0 Å². The van der Waals surface area contributed by atoms with Gasteiger partial charge < -0.3 is 4.90 Å². The molecule has 3 aliphatic rings. The number of hydrogen-bond donors (Lipinski definition) is 0. The van der Waals surface area contributed by atoms with Crippen LogP contribution in [0, 0.1) is 29.1 Å². The minimum absolute atomic E-state index is 0.0195. The summed E-state index contributed by atoms with van der Waals surface area (Å²) < 4.78 is 0. The molecule has 0 radical (unpaired) electrons. The van der Waals surface area contributed by atoms with Gasteiger partial charge in [-0.3, -0.25) is 4.79 Å². The van der Waals surface area contributed by atoms with Gasteiger partial charge in [-0.05, 0) is 30.2 Å². The molecule has 1 saturated carbocycles. The lowest BCUT2D eigenvalue weighted by atomic mass is 10.0. The standard InChI is InChI=1S/C22H22N6O/c23-11-19-10-21(25-14-24-19)27-12-17-8-16(9-18(17)13-27)22(29)28-20(6-7-26-28)15-4-2-1-3-5-15/h1-5,7,10,14,16-18,20H,6,8-9,12-13H2/t16?,17-,18+,20-/m1/s1. The van der Waals surface area contributed by atoms with E-state index in [0.29, 0.717) is 17.5 Å². The number of carbonyl (C=O) groups is 1. The molecule has 7 nitrogen and oxygen atoms in total. The molecule has 2 aromatic rings. The highest BCUT2D eigenvalue weighted by Gasteiger charge is 2.46. The molecule has 0 spiro atoms. The van der Waals surface area contributed by atoms with Crippen molar-refractivity contribution in [2.24, 2.45) is 22.9 Å². The molecule has 3 heterocycles. The number of fused-ring (bicyclic) bond motifs is 1. The van der Waals surface area contributed by atoms with Crippen LogP contribution in [0.25, 0.3) is 0 Å². The zero-order valence-corrected chi connectivity index (χ0v) is 16.1. The summed E-state index contributed by atoms with van der Waals surface area (Å²) in [6.07, 6.45) is 5.86. The Morgan fingerprint density at radius 1 is 1.10 bits per heavy atom. The van der Waals surface area contributed by atoms with Crippen molar-refractivity contribution in [1.82, 2.24) is 15.0 Å². The van der Waals surface area contributed by atoms with Crippen molar-refractivity contribution in [1.29, 1.82) is 5.26 Å². The third kappa shape index (κ3) is 3.25. The zero-order valence-electron chi connectivity index (χ0n) is 16.1. The monoisotopic (exact) mass is 386 g/mol. The fourth-order valence-electron chi connectivity index (χ4n) is 5.04. The number of rotatable bonds is 3. The number of nitrogens with zero attached hydrogens (tertiary/aromatic N) is 6. The number of benzene rings is 1. The second-order valence-corrected chi connectivity index (χ2v) is 8.11. The van der Waals surface area contributed by atoms with Crippen LogP contribution in [-0.2, 0) is 4.79 Å². The Kier molecular flexibility index (Phi) is 4.47. The maximum absolute atomic E-state index is 13.2. The van der Waals surface area contributed by atoms with Crippen LogP contribution in [0.4, 0.5) is 5.82 Å². The quantitative estimate of drug-likeness (QED) is 0.810. The van der Waals surface area contributed by atoms with Gasteiger partial charge in [-0.15, -0.1) is 0 Å². The molecule has 1 unspecified atom stereocenters. The van der Waals surface area contributed by atoms with Gasteiger partial charge in [0.2, 0.25) is 5.91 Å². The summed E-state index contributed by atoms with van der Waals surface area (Å²) in [5.74, 6) is 1.95. The van der Waals surface area contributed by atoms with Crippen molar-refractivity contribution >= 4 is 17.9 Å². The van der Waals surface area contributed by atoms with Crippen LogP contribution in [0.1, 0.15) is 36.6 Å². The number of amides is 1. The molecule has 1 aromatic heterocycles. The van der Waals surface area contributed by atoms with Crippen molar-refractivity contribution in [2.75, 3.05) is 18.0 Å². The second kappa shape index (κ2) is 7.28. The number of nitriles is 1. The Morgan fingerprint density at radius 2 is 1.86 bits per heavy atom. The van der Waals surface area contributed by atoms with Crippen molar-refractivity contribution in [2.45, 2.75) is 25.3 Å². The number of aromatic nitrogens is 2. The Morgan fingerprint density at radius 3 is 2.59 bits per heavy atom. The molecular weight excluding hydrogens is 364 g/mol. The topological polar surface area (TPSA) is 85.5 Å². The highest BCUT2D eigenvalue weighted by Crippen LogP contribution is 2.44. The fourth-order valence-corrected chi connectivity index (χ4v) is 5.04. The van der Waals surface area contributed by atoms with E-state index in [-0.39, 0.29) is 17.9 Å². The normalized spacial score (nSPS) is 27.8. The Bertz CT molecular complexity index is 970. The molecule has 1 saturated heterocycles. The lowest BCUT2D eigenvalue weighted by Gasteiger charge is -2.26. The van der Waals surface area contributed by atoms with E-state index in [1.54, 1.807) is 11.1 Å². The molecule has 0 bridgehead atoms. The molecule has 0 N–H and O–H groups in total. The lowest BCUT2D eigenvalue weighted by Crippen LogP contribution is -2.33. The van der Waals surface area contributed by atoms with Crippen LogP contribution in [-0.4, -0.2) is 40.2 Å². The van der Waals surface area contributed by atoms with E-state index in [4.69, 9.17) is 5.26 Å². The van der Waals surface area contributed by atoms with Gasteiger partial charge in [0.05, 0.1) is 6.04 Å². The summed E-state index contributed by atoms with van der Waals surface area (Å²) in [6.45, 7) is 1.75. The van der Waals surface area contributed by atoms with Crippen molar-refractivity contribution < 1.29 is 4.79 Å². The van der Waals surface area contributed by atoms with Crippen LogP contribution in [0.5, 0.6) is 0 Å². The van der Waals surface area contributed by atoms with Crippen molar-refractivity contribution in [3.63, 3.8) is 0 Å². The molecule has 29 heavy (non-hydrogen) atoms. The molecule has 1 amide bonds. The molecule has 146 valence electrons. The molecule has 1 aliphatic carbocycles. The minimum atomic E-state index is 0.0195. The molecule has 2 fully saturated rings. The van der Waals surface area contributed by atoms with Crippen LogP contribution >= 0.6 is 0 Å². The Balaban J connectivity index is 1.25. The summed E-state index contributed by atoms with van der Waals surface area (Å²) in [4.78, 5) is 23.7. The number of carbonyl (C=O) groups excluding carboxylic acids is 1. The molecule has 4 atom stereocenters. The van der Waals surface area contributed by atoms with Crippen molar-refractivity contribution in [3.05, 3.63) is 54.0 Å². The third-order valence-corrected chi connectivity index (χ3v) is 6.43. The van der Waals surface area contributed by atoms with Gasteiger partial charge in [0.15, 0.2) is 0 Å². The van der Waals surface area contributed by atoms with Crippen LogP contribution in [0.15, 0.2) is 47.8 Å².